The number of fused-ring (bicyclic) bond motifs is 2. The fourth-order valence-electron chi connectivity index (χ4n) is 6.80. The molecule has 2 aromatic heterocycles. The van der Waals surface area contributed by atoms with E-state index in [2.05, 4.69) is 18.0 Å². The summed E-state index contributed by atoms with van der Waals surface area (Å²) >= 11 is 0. The summed E-state index contributed by atoms with van der Waals surface area (Å²) in [5.74, 6) is 1.12. The first-order valence-electron chi connectivity index (χ1n) is 16.3. The van der Waals surface area contributed by atoms with E-state index >= 15 is 0 Å². The Hall–Kier alpha value is -4.51. The predicted octanol–water partition coefficient (Wildman–Crippen LogP) is 6.02. The van der Waals surface area contributed by atoms with Gasteiger partial charge in [-0.2, -0.15) is 0 Å². The second-order valence-corrected chi connectivity index (χ2v) is 14.9. The Morgan fingerprint density at radius 2 is 1.81 bits per heavy atom. The number of likely N-dealkylation sites (N-methyl/N-ethyl adjacent to an activating group) is 1. The number of aryl methyl sites for hydroxylation is 1. The highest BCUT2D eigenvalue weighted by Gasteiger charge is 2.25. The average Bonchev–Trinajstić information content (AvgIpc) is 3.76. The molecule has 4 heterocycles. The van der Waals surface area contributed by atoms with Crippen LogP contribution in [-0.2, 0) is 27.7 Å². The molecule has 248 valence electrons. The molecule has 10 heteroatoms. The standard InChI is InChI=1S/C38H40N4O5S/c1-25-5-11-32(12-6-25)48(44,45)42-23-34(27-7-9-28(10-8-27)38(43)41(3)21-26-14-16-47-24-26)33-18-31(20-39-37(33)42)30-17-29-13-15-40(2)22-35(29)36(19-30)46-4/h5-12,17-20,23,26H,13-16,21-22,24H2,1-4H3. The van der Waals surface area contributed by atoms with Crippen molar-refractivity contribution in [3.63, 3.8) is 0 Å². The Kier molecular flexibility index (Phi) is 8.57. The van der Waals surface area contributed by atoms with Crippen LogP contribution in [0.5, 0.6) is 5.75 Å². The van der Waals surface area contributed by atoms with Gasteiger partial charge in [-0.15, -0.1) is 0 Å². The lowest BCUT2D eigenvalue weighted by atomic mass is 9.93. The van der Waals surface area contributed by atoms with Gasteiger partial charge in [0.05, 0.1) is 18.6 Å². The number of ether oxygens (including phenoxy) is 2. The van der Waals surface area contributed by atoms with Crippen molar-refractivity contribution in [2.75, 3.05) is 47.5 Å². The van der Waals surface area contributed by atoms with Gasteiger partial charge in [-0.05, 0) is 79.9 Å². The second-order valence-electron chi connectivity index (χ2n) is 13.0. The van der Waals surface area contributed by atoms with E-state index in [-0.39, 0.29) is 10.8 Å². The van der Waals surface area contributed by atoms with Gasteiger partial charge in [-0.25, -0.2) is 17.4 Å². The molecule has 3 aromatic carbocycles. The molecule has 0 N–H and O–H groups in total. The third kappa shape index (κ3) is 6.00. The minimum absolute atomic E-state index is 0.0608. The van der Waals surface area contributed by atoms with Gasteiger partial charge in [0.1, 0.15) is 5.75 Å². The van der Waals surface area contributed by atoms with E-state index in [4.69, 9.17) is 14.5 Å². The molecule has 1 amide bonds. The molecule has 5 aromatic rings. The molecule has 2 aliphatic heterocycles. The molecule has 0 saturated carbocycles. The molecule has 0 bridgehead atoms. The van der Waals surface area contributed by atoms with Gasteiger partial charge in [0, 0.05) is 79.2 Å². The molecule has 48 heavy (non-hydrogen) atoms. The van der Waals surface area contributed by atoms with Crippen LogP contribution in [0.2, 0.25) is 0 Å². The molecule has 0 spiro atoms. The van der Waals surface area contributed by atoms with Gasteiger partial charge in [0.2, 0.25) is 0 Å². The van der Waals surface area contributed by atoms with Crippen LogP contribution in [0.3, 0.4) is 0 Å². The topological polar surface area (TPSA) is 94.0 Å². The summed E-state index contributed by atoms with van der Waals surface area (Å²) < 4.78 is 40.6. The van der Waals surface area contributed by atoms with E-state index in [1.165, 1.54) is 15.1 Å². The number of methoxy groups -OCH3 is 1. The summed E-state index contributed by atoms with van der Waals surface area (Å²) in [6.45, 7) is 5.77. The minimum Gasteiger partial charge on any atom is -0.496 e. The maximum Gasteiger partial charge on any atom is 0.269 e. The third-order valence-corrected chi connectivity index (χ3v) is 11.2. The van der Waals surface area contributed by atoms with Crippen LogP contribution >= 0.6 is 0 Å². The highest BCUT2D eigenvalue weighted by molar-refractivity contribution is 7.90. The monoisotopic (exact) mass is 664 g/mol. The fourth-order valence-corrected chi connectivity index (χ4v) is 8.12. The SMILES string of the molecule is COc1cc(-c2cnc3c(c2)c(-c2ccc(C(=O)N(C)CC4CCOC4)cc2)cn3S(=O)(=O)c2ccc(C)cc2)cc2c1CN(C)CC2. The van der Waals surface area contributed by atoms with Gasteiger partial charge in [0.25, 0.3) is 15.9 Å². The Morgan fingerprint density at radius 1 is 1.04 bits per heavy atom. The van der Waals surface area contributed by atoms with Crippen molar-refractivity contribution < 1.29 is 22.7 Å². The number of carbonyl (C=O) groups excluding carboxylic acids is 1. The van der Waals surface area contributed by atoms with Crippen LogP contribution in [0, 0.1) is 12.8 Å². The largest absolute Gasteiger partial charge is 0.496 e. The molecular formula is C38H40N4O5S. The van der Waals surface area contributed by atoms with Crippen molar-refractivity contribution in [3.8, 4) is 28.0 Å². The Bertz CT molecular complexity index is 2080. The van der Waals surface area contributed by atoms with Crippen LogP contribution in [0.4, 0.5) is 0 Å². The number of rotatable bonds is 8. The molecule has 0 radical (unpaired) electrons. The van der Waals surface area contributed by atoms with Crippen molar-refractivity contribution in [2.45, 2.75) is 31.2 Å². The predicted molar refractivity (Wildman–Crippen MR) is 187 cm³/mol. The molecule has 1 saturated heterocycles. The smallest absolute Gasteiger partial charge is 0.269 e. The molecule has 1 fully saturated rings. The Labute approximate surface area is 281 Å². The molecule has 0 aliphatic carbocycles. The summed E-state index contributed by atoms with van der Waals surface area (Å²) in [6.07, 6.45) is 5.24. The zero-order valence-electron chi connectivity index (χ0n) is 27.8. The van der Waals surface area contributed by atoms with Crippen molar-refractivity contribution in [1.82, 2.24) is 18.8 Å². The van der Waals surface area contributed by atoms with Gasteiger partial charge < -0.3 is 19.3 Å². The molecule has 2 aliphatic rings. The lowest BCUT2D eigenvalue weighted by molar-refractivity contribution is 0.0766. The highest BCUT2D eigenvalue weighted by atomic mass is 32.2. The zero-order chi connectivity index (χ0) is 33.6. The van der Waals surface area contributed by atoms with E-state index in [0.717, 1.165) is 60.5 Å². The number of benzene rings is 3. The van der Waals surface area contributed by atoms with Crippen LogP contribution in [-0.4, -0.2) is 80.6 Å². The Balaban J connectivity index is 1.32. The van der Waals surface area contributed by atoms with Gasteiger partial charge in [-0.3, -0.25) is 4.79 Å². The summed E-state index contributed by atoms with van der Waals surface area (Å²) in [7, 11) is 1.66. The van der Waals surface area contributed by atoms with Gasteiger partial charge in [0.15, 0.2) is 5.65 Å². The number of aromatic nitrogens is 2. The van der Waals surface area contributed by atoms with Crippen LogP contribution in [0.15, 0.2) is 84.0 Å². The van der Waals surface area contributed by atoms with E-state index in [1.54, 1.807) is 60.8 Å². The second kappa shape index (κ2) is 12.8. The maximum atomic E-state index is 14.0. The maximum absolute atomic E-state index is 14.0. The Morgan fingerprint density at radius 3 is 2.52 bits per heavy atom. The van der Waals surface area contributed by atoms with Crippen molar-refractivity contribution >= 4 is 27.0 Å². The number of hydrogen-bond acceptors (Lipinski definition) is 7. The van der Waals surface area contributed by atoms with Crippen LogP contribution < -0.4 is 4.74 Å². The minimum atomic E-state index is -3.96. The van der Waals surface area contributed by atoms with Crippen molar-refractivity contribution in [1.29, 1.82) is 0 Å². The molecular weight excluding hydrogens is 625 g/mol. The third-order valence-electron chi connectivity index (χ3n) is 9.58. The highest BCUT2D eigenvalue weighted by Crippen LogP contribution is 2.38. The first-order valence-corrected chi connectivity index (χ1v) is 17.7. The normalized spacial score (nSPS) is 16.6. The summed E-state index contributed by atoms with van der Waals surface area (Å²) in [4.78, 5) is 22.2. The van der Waals surface area contributed by atoms with Crippen LogP contribution in [0.1, 0.15) is 33.5 Å². The van der Waals surface area contributed by atoms with E-state index in [1.807, 2.05) is 38.2 Å². The summed E-state index contributed by atoms with van der Waals surface area (Å²) in [5, 5.41) is 0.692. The van der Waals surface area contributed by atoms with Gasteiger partial charge >= 0.3 is 0 Å². The number of hydrogen-bond donors (Lipinski definition) is 0. The number of nitrogens with zero attached hydrogens (tertiary/aromatic N) is 4. The zero-order valence-corrected chi connectivity index (χ0v) is 28.6. The molecule has 9 nitrogen and oxygen atoms in total. The number of carbonyl (C=O) groups is 1. The first kappa shape index (κ1) is 32.1. The average molecular weight is 665 g/mol. The quantitative estimate of drug-likeness (QED) is 0.200. The fraction of sp³-hybridized carbons (Fsp3) is 0.316. The van der Waals surface area contributed by atoms with Crippen molar-refractivity contribution in [3.05, 3.63) is 101 Å². The summed E-state index contributed by atoms with van der Waals surface area (Å²) in [6, 6.07) is 20.4. The van der Waals surface area contributed by atoms with E-state index in [9.17, 15) is 13.2 Å². The van der Waals surface area contributed by atoms with Crippen molar-refractivity contribution in [2.24, 2.45) is 5.92 Å². The number of amides is 1. The number of pyridine rings is 1. The summed E-state index contributed by atoms with van der Waals surface area (Å²) in [5.41, 5.74) is 7.62. The molecule has 1 atom stereocenters. The molecule has 1 unspecified atom stereocenters. The lowest BCUT2D eigenvalue weighted by Gasteiger charge is -2.27. The first-order chi connectivity index (χ1) is 23.1. The van der Waals surface area contributed by atoms with Crippen LogP contribution in [0.25, 0.3) is 33.3 Å². The molecule has 7 rings (SSSR count). The van der Waals surface area contributed by atoms with E-state index < -0.39 is 10.0 Å². The lowest BCUT2D eigenvalue weighted by Crippen LogP contribution is -2.32. The van der Waals surface area contributed by atoms with Gasteiger partial charge in [-0.1, -0.05) is 35.9 Å². The van der Waals surface area contributed by atoms with E-state index in [0.29, 0.717) is 41.2 Å².